The summed E-state index contributed by atoms with van der Waals surface area (Å²) in [5.74, 6) is -2.65. The van der Waals surface area contributed by atoms with Crippen molar-refractivity contribution in [1.82, 2.24) is 15.1 Å². The van der Waals surface area contributed by atoms with Gasteiger partial charge in [-0.2, -0.15) is 5.10 Å². The van der Waals surface area contributed by atoms with Crippen molar-refractivity contribution in [3.63, 3.8) is 0 Å². The second-order valence-corrected chi connectivity index (χ2v) is 5.86. The first kappa shape index (κ1) is 20.4. The van der Waals surface area contributed by atoms with Crippen molar-refractivity contribution >= 4 is 35.2 Å². The minimum atomic E-state index is -1.08. The van der Waals surface area contributed by atoms with E-state index < -0.39 is 23.9 Å². The van der Waals surface area contributed by atoms with E-state index in [1.54, 1.807) is 31.2 Å². The van der Waals surface area contributed by atoms with Crippen molar-refractivity contribution in [2.24, 2.45) is 7.05 Å². The third kappa shape index (κ3) is 5.05. The van der Waals surface area contributed by atoms with E-state index in [0.717, 1.165) is 0 Å². The van der Waals surface area contributed by atoms with Crippen molar-refractivity contribution in [3.05, 3.63) is 46.6 Å². The second-order valence-electron chi connectivity index (χ2n) is 5.45. The molecule has 0 unspecified atom stereocenters. The van der Waals surface area contributed by atoms with Crippen LogP contribution in [0.4, 0.5) is 5.82 Å². The first-order chi connectivity index (χ1) is 12.8. The number of carbonyl (C=O) groups excluding carboxylic acids is 3. The number of nitrogens with zero attached hydrogens (tertiary/aromatic N) is 2. The lowest BCUT2D eigenvalue weighted by molar-refractivity contribution is -0.136. The van der Waals surface area contributed by atoms with Crippen LogP contribution in [-0.4, -0.2) is 45.8 Å². The first-order valence-corrected chi connectivity index (χ1v) is 8.43. The van der Waals surface area contributed by atoms with Gasteiger partial charge in [0.1, 0.15) is 11.4 Å². The Kier molecular flexibility index (Phi) is 6.91. The molecule has 0 spiro atoms. The van der Waals surface area contributed by atoms with Crippen LogP contribution in [0.3, 0.4) is 0 Å². The molecule has 1 atom stereocenters. The number of amides is 2. The molecule has 1 heterocycles. The van der Waals surface area contributed by atoms with E-state index in [0.29, 0.717) is 10.6 Å². The predicted octanol–water partition coefficient (Wildman–Crippen LogP) is 1.04. The maximum atomic E-state index is 12.1. The highest BCUT2D eigenvalue weighted by Gasteiger charge is 2.23. The van der Waals surface area contributed by atoms with Gasteiger partial charge in [-0.25, -0.2) is 4.79 Å². The molecule has 0 bridgehead atoms. The number of hydrogen-bond acceptors (Lipinski definition) is 6. The molecule has 27 heavy (non-hydrogen) atoms. The van der Waals surface area contributed by atoms with E-state index in [-0.39, 0.29) is 24.5 Å². The van der Waals surface area contributed by atoms with Crippen molar-refractivity contribution in [1.29, 1.82) is 0 Å². The lowest BCUT2D eigenvalue weighted by atomic mass is 10.1. The molecule has 10 heteroatoms. The first-order valence-electron chi connectivity index (χ1n) is 8.05. The Morgan fingerprint density at radius 2 is 2.00 bits per heavy atom. The number of aryl methyl sites for hydroxylation is 1. The number of anilines is 1. The van der Waals surface area contributed by atoms with Crippen LogP contribution < -0.4 is 10.6 Å². The lowest BCUT2D eigenvalue weighted by Gasteiger charge is -2.13. The summed E-state index contributed by atoms with van der Waals surface area (Å²) in [6.07, 6.45) is 0.148. The zero-order chi connectivity index (χ0) is 20.0. The molecule has 3 N–H and O–H groups in total. The van der Waals surface area contributed by atoms with Crippen LogP contribution >= 0.6 is 11.6 Å². The zero-order valence-electron chi connectivity index (χ0n) is 14.7. The number of esters is 1. The van der Waals surface area contributed by atoms with Crippen LogP contribution in [0.25, 0.3) is 0 Å². The number of ether oxygens (including phenoxy) is 1. The summed E-state index contributed by atoms with van der Waals surface area (Å²) in [6, 6.07) is 6.62. The lowest BCUT2D eigenvalue weighted by Crippen LogP contribution is -2.38. The number of aromatic nitrogens is 2. The highest BCUT2D eigenvalue weighted by atomic mass is 35.5. The third-order valence-electron chi connectivity index (χ3n) is 3.59. The van der Waals surface area contributed by atoms with E-state index in [1.165, 1.54) is 17.9 Å². The summed E-state index contributed by atoms with van der Waals surface area (Å²) in [5, 5.41) is 18.9. The number of benzene rings is 1. The maximum Gasteiger partial charge on any atom is 0.343 e. The minimum absolute atomic E-state index is 0.0246. The number of carbonyl (C=O) groups is 3. The van der Waals surface area contributed by atoms with E-state index >= 15 is 0 Å². The normalized spacial score (nSPS) is 11.6. The highest BCUT2D eigenvalue weighted by molar-refractivity contribution is 6.39. The monoisotopic (exact) mass is 394 g/mol. The van der Waals surface area contributed by atoms with Crippen LogP contribution in [0.5, 0.6) is 0 Å². The van der Waals surface area contributed by atoms with E-state index in [9.17, 15) is 19.5 Å². The zero-order valence-corrected chi connectivity index (χ0v) is 15.5. The molecule has 0 fully saturated rings. The standard InChI is InChI=1S/C17H19ClN4O5/c1-3-27-17(26)11-8-20-22(2)14(11)21-16(25)15(24)19-9-13(23)10-6-4-5-7-12(10)18/h4-8,13,23H,3,9H2,1-2H3,(H,19,24)(H,21,25)/t13-/m0/s1. The van der Waals surface area contributed by atoms with Gasteiger partial charge in [-0.1, -0.05) is 29.8 Å². The molecule has 9 nitrogen and oxygen atoms in total. The minimum Gasteiger partial charge on any atom is -0.462 e. The average Bonchev–Trinajstić information content (AvgIpc) is 3.00. The van der Waals surface area contributed by atoms with Crippen LogP contribution in [0.15, 0.2) is 30.5 Å². The topological polar surface area (TPSA) is 123 Å². The number of hydrogen-bond donors (Lipinski definition) is 3. The SMILES string of the molecule is CCOC(=O)c1cnn(C)c1NC(=O)C(=O)NC[C@H](O)c1ccccc1Cl. The summed E-state index contributed by atoms with van der Waals surface area (Å²) in [5.41, 5.74) is 0.452. The summed E-state index contributed by atoms with van der Waals surface area (Å²) >= 11 is 5.98. The molecule has 2 amide bonds. The van der Waals surface area contributed by atoms with Gasteiger partial charge in [0.2, 0.25) is 0 Å². The molecule has 1 aromatic heterocycles. The molecule has 0 aliphatic heterocycles. The van der Waals surface area contributed by atoms with Crippen molar-refractivity contribution in [3.8, 4) is 0 Å². The molecular formula is C17H19ClN4O5. The van der Waals surface area contributed by atoms with Gasteiger partial charge in [0.05, 0.1) is 18.9 Å². The Morgan fingerprint density at radius 1 is 1.30 bits per heavy atom. The predicted molar refractivity (Wildman–Crippen MR) is 97.2 cm³/mol. The van der Waals surface area contributed by atoms with Gasteiger partial charge in [0, 0.05) is 24.2 Å². The molecule has 2 aromatic rings. The van der Waals surface area contributed by atoms with E-state index in [1.807, 2.05) is 0 Å². The van der Waals surface area contributed by atoms with Crippen LogP contribution in [0, 0.1) is 0 Å². The van der Waals surface area contributed by atoms with Gasteiger partial charge in [-0.05, 0) is 13.0 Å². The van der Waals surface area contributed by atoms with Gasteiger partial charge in [0.15, 0.2) is 0 Å². The van der Waals surface area contributed by atoms with Crippen LogP contribution in [0.1, 0.15) is 28.9 Å². The number of halogens is 1. The fraction of sp³-hybridized carbons (Fsp3) is 0.294. The number of aliphatic hydroxyl groups is 1. The third-order valence-corrected chi connectivity index (χ3v) is 3.94. The van der Waals surface area contributed by atoms with Crippen LogP contribution in [-0.2, 0) is 21.4 Å². The number of nitrogens with one attached hydrogen (secondary N) is 2. The largest absolute Gasteiger partial charge is 0.462 e. The summed E-state index contributed by atoms with van der Waals surface area (Å²) < 4.78 is 6.11. The van der Waals surface area contributed by atoms with Gasteiger partial charge in [0.25, 0.3) is 0 Å². The average molecular weight is 395 g/mol. The molecular weight excluding hydrogens is 376 g/mol. The fourth-order valence-electron chi connectivity index (χ4n) is 2.23. The second kappa shape index (κ2) is 9.15. The summed E-state index contributed by atoms with van der Waals surface area (Å²) in [4.78, 5) is 35.9. The van der Waals surface area contributed by atoms with Gasteiger partial charge in [-0.15, -0.1) is 0 Å². The molecule has 0 aliphatic carbocycles. The maximum absolute atomic E-state index is 12.1. The Morgan fingerprint density at radius 3 is 2.67 bits per heavy atom. The van der Waals surface area contributed by atoms with Gasteiger partial charge >= 0.3 is 17.8 Å². The highest BCUT2D eigenvalue weighted by Crippen LogP contribution is 2.21. The van der Waals surface area contributed by atoms with Crippen molar-refractivity contribution in [2.75, 3.05) is 18.5 Å². The number of rotatable bonds is 6. The molecule has 1 aromatic carbocycles. The van der Waals surface area contributed by atoms with Gasteiger partial charge < -0.3 is 20.5 Å². The Balaban J connectivity index is 1.99. The Labute approximate surface area is 160 Å². The summed E-state index contributed by atoms with van der Waals surface area (Å²) in [6.45, 7) is 1.58. The van der Waals surface area contributed by atoms with Crippen molar-refractivity contribution < 1.29 is 24.2 Å². The smallest absolute Gasteiger partial charge is 0.343 e. The molecule has 0 aliphatic rings. The van der Waals surface area contributed by atoms with Crippen LogP contribution in [0.2, 0.25) is 5.02 Å². The molecule has 144 valence electrons. The Hall–Kier alpha value is -2.91. The number of aliphatic hydroxyl groups excluding tert-OH is 1. The molecule has 2 rings (SSSR count). The van der Waals surface area contributed by atoms with Gasteiger partial charge in [-0.3, -0.25) is 14.3 Å². The molecule has 0 saturated carbocycles. The Bertz CT molecular complexity index is 852. The van der Waals surface area contributed by atoms with Crippen molar-refractivity contribution in [2.45, 2.75) is 13.0 Å². The van der Waals surface area contributed by atoms with E-state index in [2.05, 4.69) is 15.7 Å². The molecule has 0 saturated heterocycles. The fourth-order valence-corrected chi connectivity index (χ4v) is 2.49. The van der Waals surface area contributed by atoms with E-state index in [4.69, 9.17) is 16.3 Å². The quantitative estimate of drug-likeness (QED) is 0.497. The molecule has 0 radical (unpaired) electrons. The summed E-state index contributed by atoms with van der Waals surface area (Å²) in [7, 11) is 1.50.